The first-order chi connectivity index (χ1) is 14.5. The smallest absolute Gasteiger partial charge is 0.254 e. The molecule has 0 aliphatic carbocycles. The molecule has 3 aromatic rings. The zero-order valence-electron chi connectivity index (χ0n) is 16.7. The number of benzene rings is 2. The van der Waals surface area contributed by atoms with Crippen LogP contribution in [0.2, 0.25) is 0 Å². The van der Waals surface area contributed by atoms with Crippen molar-refractivity contribution in [2.75, 3.05) is 11.1 Å². The minimum absolute atomic E-state index is 0.0255. The van der Waals surface area contributed by atoms with Gasteiger partial charge in [0.1, 0.15) is 5.82 Å². The van der Waals surface area contributed by atoms with Gasteiger partial charge in [0.2, 0.25) is 5.91 Å². The minimum Gasteiger partial charge on any atom is -0.345 e. The van der Waals surface area contributed by atoms with Gasteiger partial charge in [-0.2, -0.15) is 0 Å². The van der Waals surface area contributed by atoms with E-state index in [9.17, 15) is 14.0 Å². The largest absolute Gasteiger partial charge is 0.345 e. The lowest BCUT2D eigenvalue weighted by molar-refractivity contribution is -0.113. The van der Waals surface area contributed by atoms with Crippen molar-refractivity contribution >= 4 is 29.3 Å². The number of anilines is 1. The number of carbonyl (C=O) groups is 2. The average Bonchev–Trinajstić information content (AvgIpc) is 3.12. The number of thioether (sulfide) groups is 1. The predicted molar refractivity (Wildman–Crippen MR) is 114 cm³/mol. The summed E-state index contributed by atoms with van der Waals surface area (Å²) in [5.74, 6) is -0.545. The van der Waals surface area contributed by atoms with Gasteiger partial charge in [0.25, 0.3) is 5.91 Å². The molecule has 0 fully saturated rings. The molecule has 156 valence electrons. The Morgan fingerprint density at radius 1 is 1.13 bits per heavy atom. The molecule has 1 aromatic heterocycles. The van der Waals surface area contributed by atoms with Gasteiger partial charge in [-0.05, 0) is 43.7 Å². The monoisotopic (exact) mass is 427 g/mol. The Labute approximate surface area is 178 Å². The predicted octanol–water partition coefficient (Wildman–Crippen LogP) is 3.41. The number of rotatable bonds is 8. The molecule has 2 amide bonds. The van der Waals surface area contributed by atoms with Crippen LogP contribution in [0.4, 0.5) is 10.1 Å². The van der Waals surface area contributed by atoms with Crippen LogP contribution in [0.15, 0.2) is 53.7 Å². The van der Waals surface area contributed by atoms with Gasteiger partial charge < -0.3 is 15.2 Å². The molecule has 0 saturated heterocycles. The third kappa shape index (κ3) is 5.44. The van der Waals surface area contributed by atoms with Gasteiger partial charge in [0.15, 0.2) is 11.0 Å². The molecule has 30 heavy (non-hydrogen) atoms. The van der Waals surface area contributed by atoms with Crippen molar-refractivity contribution in [2.24, 2.45) is 0 Å². The van der Waals surface area contributed by atoms with Crippen molar-refractivity contribution in [3.8, 4) is 0 Å². The Morgan fingerprint density at radius 2 is 1.93 bits per heavy atom. The summed E-state index contributed by atoms with van der Waals surface area (Å²) in [6.45, 7) is 4.55. The Bertz CT molecular complexity index is 1050. The molecule has 2 aromatic carbocycles. The summed E-state index contributed by atoms with van der Waals surface area (Å²) in [5.41, 5.74) is 1.78. The molecule has 1 heterocycles. The molecule has 0 aliphatic heterocycles. The maximum Gasteiger partial charge on any atom is 0.254 e. The molecule has 0 saturated carbocycles. The van der Waals surface area contributed by atoms with Gasteiger partial charge >= 0.3 is 0 Å². The highest BCUT2D eigenvalue weighted by atomic mass is 32.2. The highest BCUT2D eigenvalue weighted by Gasteiger charge is 2.16. The molecule has 9 heteroatoms. The van der Waals surface area contributed by atoms with E-state index in [-0.39, 0.29) is 23.8 Å². The van der Waals surface area contributed by atoms with Crippen LogP contribution < -0.4 is 10.6 Å². The van der Waals surface area contributed by atoms with Gasteiger partial charge in [-0.3, -0.25) is 9.59 Å². The van der Waals surface area contributed by atoms with E-state index in [4.69, 9.17) is 0 Å². The van der Waals surface area contributed by atoms with Crippen molar-refractivity contribution in [2.45, 2.75) is 32.1 Å². The highest BCUT2D eigenvalue weighted by molar-refractivity contribution is 7.99. The number of nitrogens with one attached hydrogen (secondary N) is 2. The third-order valence-corrected chi connectivity index (χ3v) is 5.24. The lowest BCUT2D eigenvalue weighted by Gasteiger charge is -2.09. The van der Waals surface area contributed by atoms with Crippen LogP contribution in [0.5, 0.6) is 0 Å². The molecular formula is C21H22FN5O2S. The fourth-order valence-corrected chi connectivity index (χ4v) is 3.65. The van der Waals surface area contributed by atoms with Crippen molar-refractivity contribution in [3.05, 3.63) is 71.3 Å². The number of aryl methyl sites for hydroxylation is 1. The Hall–Kier alpha value is -3.20. The number of amides is 2. The number of carbonyl (C=O) groups excluding carboxylic acids is 2. The van der Waals surface area contributed by atoms with E-state index in [1.807, 2.05) is 42.7 Å². The molecule has 3 rings (SSSR count). The third-order valence-electron chi connectivity index (χ3n) is 4.27. The quantitative estimate of drug-likeness (QED) is 0.538. The summed E-state index contributed by atoms with van der Waals surface area (Å²) in [6, 6.07) is 13.4. The summed E-state index contributed by atoms with van der Waals surface area (Å²) < 4.78 is 15.5. The maximum absolute atomic E-state index is 13.7. The van der Waals surface area contributed by atoms with Crippen LogP contribution in [-0.2, 0) is 17.9 Å². The normalized spacial score (nSPS) is 10.6. The molecule has 0 spiro atoms. The lowest BCUT2D eigenvalue weighted by atomic mass is 10.2. The van der Waals surface area contributed by atoms with Gasteiger partial charge in [-0.25, -0.2) is 4.39 Å². The number of hydrogen-bond donors (Lipinski definition) is 2. The minimum atomic E-state index is -0.581. The molecule has 0 radical (unpaired) electrons. The number of aromatic nitrogens is 3. The van der Waals surface area contributed by atoms with Gasteiger partial charge in [-0.1, -0.05) is 36.0 Å². The standard InChI is InChI=1S/C21H22FN5O2S/c1-3-27-18(12-23-20(29)16-9-4-5-10-17(16)22)25-26-21(27)30-13-19(28)24-15-8-6-7-14(2)11-15/h4-11H,3,12-13H2,1-2H3,(H,23,29)(H,24,28). The van der Waals surface area contributed by atoms with Crippen molar-refractivity contribution in [3.63, 3.8) is 0 Å². The first-order valence-corrected chi connectivity index (χ1v) is 10.4. The summed E-state index contributed by atoms with van der Waals surface area (Å²) in [7, 11) is 0. The van der Waals surface area contributed by atoms with Crippen LogP contribution in [0.25, 0.3) is 0 Å². The lowest BCUT2D eigenvalue weighted by Crippen LogP contribution is -2.25. The first-order valence-electron chi connectivity index (χ1n) is 9.42. The molecule has 2 N–H and O–H groups in total. The van der Waals surface area contributed by atoms with Crippen molar-refractivity contribution in [1.29, 1.82) is 0 Å². The zero-order chi connectivity index (χ0) is 21.5. The van der Waals surface area contributed by atoms with Crippen LogP contribution in [-0.4, -0.2) is 32.3 Å². The molecule has 7 nitrogen and oxygen atoms in total. The topological polar surface area (TPSA) is 88.9 Å². The van der Waals surface area contributed by atoms with Gasteiger partial charge in [0, 0.05) is 12.2 Å². The molecule has 0 atom stereocenters. The number of nitrogens with zero attached hydrogens (tertiary/aromatic N) is 3. The van der Waals surface area contributed by atoms with Crippen molar-refractivity contribution in [1.82, 2.24) is 20.1 Å². The highest BCUT2D eigenvalue weighted by Crippen LogP contribution is 2.18. The van der Waals surface area contributed by atoms with E-state index < -0.39 is 11.7 Å². The van der Waals surface area contributed by atoms with E-state index in [1.54, 1.807) is 6.07 Å². The summed E-state index contributed by atoms with van der Waals surface area (Å²) in [4.78, 5) is 24.4. The second-order valence-corrected chi connectivity index (χ2v) is 7.45. The second kappa shape index (κ2) is 10.0. The Kier molecular flexibility index (Phi) is 7.18. The molecule has 0 unspecified atom stereocenters. The number of halogens is 1. The second-order valence-electron chi connectivity index (χ2n) is 6.51. The molecular weight excluding hydrogens is 405 g/mol. The zero-order valence-corrected chi connectivity index (χ0v) is 17.5. The van der Waals surface area contributed by atoms with Crippen LogP contribution in [0, 0.1) is 12.7 Å². The summed E-state index contributed by atoms with van der Waals surface area (Å²) >= 11 is 1.26. The fraction of sp³-hybridized carbons (Fsp3) is 0.238. The van der Waals surface area contributed by atoms with E-state index >= 15 is 0 Å². The maximum atomic E-state index is 13.7. The molecule has 0 bridgehead atoms. The van der Waals surface area contributed by atoms with Gasteiger partial charge in [0.05, 0.1) is 17.9 Å². The van der Waals surface area contributed by atoms with Crippen LogP contribution >= 0.6 is 11.8 Å². The first kappa shape index (κ1) is 21.5. The Morgan fingerprint density at radius 3 is 2.67 bits per heavy atom. The summed E-state index contributed by atoms with van der Waals surface area (Å²) in [5, 5.41) is 14.3. The Balaban J connectivity index is 1.58. The number of hydrogen-bond acceptors (Lipinski definition) is 5. The van der Waals surface area contributed by atoms with Crippen LogP contribution in [0.3, 0.4) is 0 Å². The van der Waals surface area contributed by atoms with Crippen molar-refractivity contribution < 1.29 is 14.0 Å². The SMILES string of the molecule is CCn1c(CNC(=O)c2ccccc2F)nnc1SCC(=O)Nc1cccc(C)c1. The van der Waals surface area contributed by atoms with E-state index in [0.29, 0.717) is 17.5 Å². The van der Waals surface area contributed by atoms with E-state index in [1.165, 1.54) is 30.0 Å². The van der Waals surface area contributed by atoms with E-state index in [0.717, 1.165) is 11.3 Å². The average molecular weight is 428 g/mol. The fourth-order valence-electron chi connectivity index (χ4n) is 2.82. The van der Waals surface area contributed by atoms with Crippen LogP contribution in [0.1, 0.15) is 28.7 Å². The van der Waals surface area contributed by atoms with Gasteiger partial charge in [-0.15, -0.1) is 10.2 Å². The molecule has 0 aliphatic rings. The van der Waals surface area contributed by atoms with E-state index in [2.05, 4.69) is 20.8 Å². The summed E-state index contributed by atoms with van der Waals surface area (Å²) in [6.07, 6.45) is 0.